The van der Waals surface area contributed by atoms with Gasteiger partial charge in [-0.25, -0.2) is 4.79 Å². The van der Waals surface area contributed by atoms with Crippen LogP contribution in [0.1, 0.15) is 0 Å². The minimum atomic E-state index is -0.220. The molecule has 0 saturated carbocycles. The maximum atomic E-state index is 11.6. The van der Waals surface area contributed by atoms with E-state index in [9.17, 15) is 4.79 Å². The third kappa shape index (κ3) is 2.94. The molecule has 94 valence electrons. The summed E-state index contributed by atoms with van der Waals surface area (Å²) in [5.41, 5.74) is 0.752. The number of halogens is 2. The average Bonchev–Trinajstić information content (AvgIpc) is 2.40. The van der Waals surface area contributed by atoms with Crippen molar-refractivity contribution in [3.8, 4) is 0 Å². The van der Waals surface area contributed by atoms with Gasteiger partial charge in [-0.2, -0.15) is 0 Å². The zero-order chi connectivity index (χ0) is 13.0. The number of anilines is 1. The molecule has 2 aromatic carbocycles. The van der Waals surface area contributed by atoms with Crippen molar-refractivity contribution in [1.82, 2.24) is 5.32 Å². The number of amides is 2. The van der Waals surface area contributed by atoms with E-state index in [0.717, 1.165) is 21.8 Å². The SMILES string of the molecule is O=C(NCCBr)Nc1ccc(Cl)c2ccccc12. The third-order valence-corrected chi connectivity index (χ3v) is 3.23. The van der Waals surface area contributed by atoms with E-state index in [4.69, 9.17) is 11.6 Å². The first-order chi connectivity index (χ1) is 8.72. The van der Waals surface area contributed by atoms with Crippen LogP contribution >= 0.6 is 27.5 Å². The van der Waals surface area contributed by atoms with E-state index in [1.165, 1.54) is 0 Å². The van der Waals surface area contributed by atoms with Crippen LogP contribution in [0.4, 0.5) is 10.5 Å². The molecule has 0 aliphatic carbocycles. The smallest absolute Gasteiger partial charge is 0.319 e. The molecule has 2 N–H and O–H groups in total. The average molecular weight is 328 g/mol. The van der Waals surface area contributed by atoms with Gasteiger partial charge in [0.05, 0.1) is 5.69 Å². The van der Waals surface area contributed by atoms with Crippen LogP contribution < -0.4 is 10.6 Å². The van der Waals surface area contributed by atoms with E-state index in [-0.39, 0.29) is 6.03 Å². The van der Waals surface area contributed by atoms with Gasteiger partial charge in [-0.1, -0.05) is 51.8 Å². The van der Waals surface area contributed by atoms with Crippen LogP contribution in [0.3, 0.4) is 0 Å². The Balaban J connectivity index is 2.29. The fourth-order valence-electron chi connectivity index (χ4n) is 1.70. The monoisotopic (exact) mass is 326 g/mol. The Morgan fingerprint density at radius 1 is 1.17 bits per heavy atom. The highest BCUT2D eigenvalue weighted by atomic mass is 79.9. The summed E-state index contributed by atoms with van der Waals surface area (Å²) >= 11 is 9.37. The molecule has 0 heterocycles. The topological polar surface area (TPSA) is 41.1 Å². The fraction of sp³-hybridized carbons (Fsp3) is 0.154. The highest BCUT2D eigenvalue weighted by molar-refractivity contribution is 9.09. The highest BCUT2D eigenvalue weighted by Gasteiger charge is 2.06. The molecule has 0 bridgehead atoms. The summed E-state index contributed by atoms with van der Waals surface area (Å²) < 4.78 is 0. The molecule has 0 aromatic heterocycles. The Morgan fingerprint density at radius 3 is 2.61 bits per heavy atom. The largest absolute Gasteiger partial charge is 0.337 e. The van der Waals surface area contributed by atoms with Crippen molar-refractivity contribution in [2.75, 3.05) is 17.2 Å². The molecule has 2 rings (SSSR count). The van der Waals surface area contributed by atoms with Gasteiger partial charge in [0.25, 0.3) is 0 Å². The molecule has 0 unspecified atom stereocenters. The molecule has 18 heavy (non-hydrogen) atoms. The summed E-state index contributed by atoms with van der Waals surface area (Å²) in [5, 5.41) is 8.81. The number of benzene rings is 2. The van der Waals surface area contributed by atoms with Crippen LogP contribution in [0.5, 0.6) is 0 Å². The third-order valence-electron chi connectivity index (χ3n) is 2.50. The van der Waals surface area contributed by atoms with Crippen LogP contribution in [0.15, 0.2) is 36.4 Å². The zero-order valence-corrected chi connectivity index (χ0v) is 11.9. The number of fused-ring (bicyclic) bond motifs is 1. The summed E-state index contributed by atoms with van der Waals surface area (Å²) in [6.07, 6.45) is 0. The van der Waals surface area contributed by atoms with Crippen LogP contribution in [-0.4, -0.2) is 17.9 Å². The van der Waals surface area contributed by atoms with Crippen molar-refractivity contribution in [1.29, 1.82) is 0 Å². The van der Waals surface area contributed by atoms with Gasteiger partial charge in [-0.05, 0) is 12.1 Å². The van der Waals surface area contributed by atoms with Crippen LogP contribution in [-0.2, 0) is 0 Å². The molecule has 0 atom stereocenters. The molecular formula is C13H12BrClN2O. The number of nitrogens with one attached hydrogen (secondary N) is 2. The number of hydrogen-bond donors (Lipinski definition) is 2. The second-order valence-corrected chi connectivity index (χ2v) is 4.91. The lowest BCUT2D eigenvalue weighted by molar-refractivity contribution is 0.252. The molecule has 0 saturated heterocycles. The predicted octanol–water partition coefficient (Wildman–Crippen LogP) is 4.01. The summed E-state index contributed by atoms with van der Waals surface area (Å²) in [7, 11) is 0. The molecule has 3 nitrogen and oxygen atoms in total. The second-order valence-electron chi connectivity index (χ2n) is 3.71. The lowest BCUT2D eigenvalue weighted by Gasteiger charge is -2.10. The van der Waals surface area contributed by atoms with Gasteiger partial charge in [0.15, 0.2) is 0 Å². The predicted molar refractivity (Wildman–Crippen MR) is 79.8 cm³/mol. The normalized spacial score (nSPS) is 10.3. The zero-order valence-electron chi connectivity index (χ0n) is 9.54. The van der Waals surface area contributed by atoms with Crippen molar-refractivity contribution in [3.63, 3.8) is 0 Å². The van der Waals surface area contributed by atoms with E-state index >= 15 is 0 Å². The highest BCUT2D eigenvalue weighted by Crippen LogP contribution is 2.29. The first-order valence-corrected chi connectivity index (χ1v) is 7.00. The number of carbonyl (C=O) groups excluding carboxylic acids is 1. The molecule has 0 aliphatic heterocycles. The standard InChI is InChI=1S/C13H12BrClN2O/c14-7-8-16-13(18)17-12-6-5-11(15)9-3-1-2-4-10(9)12/h1-6H,7-8H2,(H2,16,17,18). The maximum Gasteiger partial charge on any atom is 0.319 e. The molecule has 0 radical (unpaired) electrons. The fourth-order valence-corrected chi connectivity index (χ4v) is 2.12. The Labute approximate surface area is 119 Å². The van der Waals surface area contributed by atoms with Crippen molar-refractivity contribution in [2.24, 2.45) is 0 Å². The molecule has 5 heteroatoms. The van der Waals surface area contributed by atoms with Gasteiger partial charge in [0.2, 0.25) is 0 Å². The summed E-state index contributed by atoms with van der Waals surface area (Å²) in [6, 6.07) is 11.1. The lowest BCUT2D eigenvalue weighted by Crippen LogP contribution is -2.30. The summed E-state index contributed by atoms with van der Waals surface area (Å²) in [6.45, 7) is 0.581. The minimum Gasteiger partial charge on any atom is -0.337 e. The van der Waals surface area contributed by atoms with Crippen molar-refractivity contribution in [3.05, 3.63) is 41.4 Å². The lowest BCUT2D eigenvalue weighted by atomic mass is 10.1. The van der Waals surface area contributed by atoms with Crippen molar-refractivity contribution >= 4 is 50.0 Å². The van der Waals surface area contributed by atoms with E-state index in [1.54, 1.807) is 12.1 Å². The quantitative estimate of drug-likeness (QED) is 0.822. The van der Waals surface area contributed by atoms with E-state index in [2.05, 4.69) is 26.6 Å². The van der Waals surface area contributed by atoms with Gasteiger partial charge in [0.1, 0.15) is 0 Å². The number of alkyl halides is 1. The first-order valence-electron chi connectivity index (χ1n) is 5.50. The number of carbonyl (C=O) groups is 1. The molecule has 0 spiro atoms. The van der Waals surface area contributed by atoms with Crippen LogP contribution in [0.25, 0.3) is 10.8 Å². The second kappa shape index (κ2) is 6.07. The van der Waals surface area contributed by atoms with E-state index < -0.39 is 0 Å². The molecule has 0 fully saturated rings. The molecule has 2 amide bonds. The number of urea groups is 1. The minimum absolute atomic E-state index is 0.220. The molecule has 0 aliphatic rings. The van der Waals surface area contributed by atoms with E-state index in [1.807, 2.05) is 24.3 Å². The maximum absolute atomic E-state index is 11.6. The van der Waals surface area contributed by atoms with Crippen LogP contribution in [0, 0.1) is 0 Å². The van der Waals surface area contributed by atoms with Gasteiger partial charge in [-0.3, -0.25) is 0 Å². The Bertz CT molecular complexity index is 574. The van der Waals surface area contributed by atoms with Crippen LogP contribution in [0.2, 0.25) is 5.02 Å². The van der Waals surface area contributed by atoms with Crippen molar-refractivity contribution in [2.45, 2.75) is 0 Å². The van der Waals surface area contributed by atoms with Gasteiger partial charge >= 0.3 is 6.03 Å². The Kier molecular flexibility index (Phi) is 4.44. The Hall–Kier alpha value is -1.26. The summed E-state index contributed by atoms with van der Waals surface area (Å²) in [5.74, 6) is 0. The Morgan fingerprint density at radius 2 is 1.89 bits per heavy atom. The molecular weight excluding hydrogens is 316 g/mol. The molecule has 2 aromatic rings. The van der Waals surface area contributed by atoms with Gasteiger partial charge in [0, 0.05) is 27.7 Å². The number of hydrogen-bond acceptors (Lipinski definition) is 1. The van der Waals surface area contributed by atoms with Gasteiger partial charge in [-0.15, -0.1) is 0 Å². The van der Waals surface area contributed by atoms with E-state index in [0.29, 0.717) is 11.6 Å². The van der Waals surface area contributed by atoms with Gasteiger partial charge < -0.3 is 10.6 Å². The number of rotatable bonds is 3. The van der Waals surface area contributed by atoms with Crippen molar-refractivity contribution < 1.29 is 4.79 Å². The summed E-state index contributed by atoms with van der Waals surface area (Å²) in [4.78, 5) is 11.6. The first kappa shape index (κ1) is 13.2.